The van der Waals surface area contributed by atoms with Crippen molar-refractivity contribution < 1.29 is 4.79 Å². The van der Waals surface area contributed by atoms with Crippen molar-refractivity contribution in [2.24, 2.45) is 0 Å². The highest BCUT2D eigenvalue weighted by Crippen LogP contribution is 2.32. The fraction of sp³-hybridized carbons (Fsp3) is 0.286. The van der Waals surface area contributed by atoms with Crippen LogP contribution in [-0.2, 0) is 0 Å². The molecule has 18 heavy (non-hydrogen) atoms. The number of halogens is 1. The van der Waals surface area contributed by atoms with E-state index in [-0.39, 0.29) is 11.7 Å². The van der Waals surface area contributed by atoms with Crippen LogP contribution in [0, 0.1) is 0 Å². The lowest BCUT2D eigenvalue weighted by atomic mass is 10.1. The average molecular weight is 280 g/mol. The highest BCUT2D eigenvalue weighted by molar-refractivity contribution is 7.17. The molecule has 2 rings (SSSR count). The fourth-order valence-corrected chi connectivity index (χ4v) is 2.94. The van der Waals surface area contributed by atoms with Gasteiger partial charge in [-0.3, -0.25) is 4.79 Å². The molecule has 1 aromatic heterocycles. The standard InChI is InChI=1S/C14H14ClNOS/c1-8(2)12-13(9(3)17)18-14(16-12)10-4-6-11(15)7-5-10/h4-8H,1-3H3. The monoisotopic (exact) mass is 279 g/mol. The van der Waals surface area contributed by atoms with Crippen LogP contribution in [0.2, 0.25) is 5.02 Å². The van der Waals surface area contributed by atoms with Crippen molar-refractivity contribution in [1.29, 1.82) is 0 Å². The molecule has 0 amide bonds. The molecule has 0 saturated heterocycles. The van der Waals surface area contributed by atoms with Crippen LogP contribution in [0.3, 0.4) is 0 Å². The van der Waals surface area contributed by atoms with Crippen LogP contribution >= 0.6 is 22.9 Å². The third kappa shape index (κ3) is 2.62. The predicted octanol–water partition coefficient (Wildman–Crippen LogP) is 4.79. The van der Waals surface area contributed by atoms with Crippen molar-refractivity contribution in [3.63, 3.8) is 0 Å². The predicted molar refractivity (Wildman–Crippen MR) is 76.7 cm³/mol. The van der Waals surface area contributed by atoms with Gasteiger partial charge in [0.2, 0.25) is 0 Å². The number of carbonyl (C=O) groups is 1. The van der Waals surface area contributed by atoms with E-state index in [1.165, 1.54) is 11.3 Å². The maximum absolute atomic E-state index is 11.6. The van der Waals surface area contributed by atoms with Crippen LogP contribution in [0.25, 0.3) is 10.6 Å². The quantitative estimate of drug-likeness (QED) is 0.756. The van der Waals surface area contributed by atoms with E-state index < -0.39 is 0 Å². The average Bonchev–Trinajstić information content (AvgIpc) is 2.75. The van der Waals surface area contributed by atoms with Gasteiger partial charge in [0.15, 0.2) is 5.78 Å². The van der Waals surface area contributed by atoms with E-state index in [0.717, 1.165) is 21.1 Å². The van der Waals surface area contributed by atoms with Gasteiger partial charge in [0.05, 0.1) is 10.6 Å². The first kappa shape index (κ1) is 13.2. The van der Waals surface area contributed by atoms with E-state index in [9.17, 15) is 4.79 Å². The Bertz CT molecular complexity index is 572. The highest BCUT2D eigenvalue weighted by Gasteiger charge is 2.18. The Morgan fingerprint density at radius 3 is 2.33 bits per heavy atom. The molecule has 0 N–H and O–H groups in total. The van der Waals surface area contributed by atoms with E-state index in [0.29, 0.717) is 5.02 Å². The van der Waals surface area contributed by atoms with Crippen molar-refractivity contribution in [2.75, 3.05) is 0 Å². The number of hydrogen-bond donors (Lipinski definition) is 0. The molecule has 0 saturated carbocycles. The number of nitrogens with zero attached hydrogens (tertiary/aromatic N) is 1. The molecule has 94 valence electrons. The molecule has 2 nitrogen and oxygen atoms in total. The minimum absolute atomic E-state index is 0.0800. The Kier molecular flexibility index (Phi) is 3.83. The smallest absolute Gasteiger partial charge is 0.171 e. The van der Waals surface area contributed by atoms with Gasteiger partial charge in [-0.15, -0.1) is 11.3 Å². The van der Waals surface area contributed by atoms with Crippen molar-refractivity contribution in [3.05, 3.63) is 39.9 Å². The summed E-state index contributed by atoms with van der Waals surface area (Å²) in [4.78, 5) is 17.0. The number of aromatic nitrogens is 1. The molecule has 0 spiro atoms. The van der Waals surface area contributed by atoms with Crippen LogP contribution < -0.4 is 0 Å². The molecule has 0 fully saturated rings. The normalized spacial score (nSPS) is 10.9. The number of Topliss-reactive ketones (excluding diaryl/α,β-unsaturated/α-hetero) is 1. The topological polar surface area (TPSA) is 30.0 Å². The van der Waals surface area contributed by atoms with E-state index in [1.54, 1.807) is 6.92 Å². The van der Waals surface area contributed by atoms with Gasteiger partial charge in [0.1, 0.15) is 5.01 Å². The van der Waals surface area contributed by atoms with Crippen LogP contribution in [-0.4, -0.2) is 10.8 Å². The van der Waals surface area contributed by atoms with Crippen molar-refractivity contribution in [3.8, 4) is 10.6 Å². The first-order chi connectivity index (χ1) is 8.49. The van der Waals surface area contributed by atoms with Crippen LogP contribution in [0.15, 0.2) is 24.3 Å². The SMILES string of the molecule is CC(=O)c1sc(-c2ccc(Cl)cc2)nc1C(C)C. The fourth-order valence-electron chi connectivity index (χ4n) is 1.69. The lowest BCUT2D eigenvalue weighted by molar-refractivity contribution is 0.102. The third-order valence-electron chi connectivity index (χ3n) is 2.61. The maximum Gasteiger partial charge on any atom is 0.171 e. The number of hydrogen-bond acceptors (Lipinski definition) is 3. The summed E-state index contributed by atoms with van der Waals surface area (Å²) in [5, 5.41) is 1.58. The Hall–Kier alpha value is -1.19. The minimum Gasteiger partial charge on any atom is -0.294 e. The third-order valence-corrected chi connectivity index (χ3v) is 4.08. The van der Waals surface area contributed by atoms with Gasteiger partial charge in [-0.05, 0) is 18.1 Å². The zero-order valence-electron chi connectivity index (χ0n) is 10.5. The highest BCUT2D eigenvalue weighted by atomic mass is 35.5. The molecule has 2 aromatic rings. The van der Waals surface area contributed by atoms with Crippen LogP contribution in [0.4, 0.5) is 0 Å². The Balaban J connectivity index is 2.49. The van der Waals surface area contributed by atoms with E-state index in [1.807, 2.05) is 38.1 Å². The number of rotatable bonds is 3. The minimum atomic E-state index is 0.0800. The Labute approximate surface area is 116 Å². The summed E-state index contributed by atoms with van der Waals surface area (Å²) in [6.07, 6.45) is 0. The Morgan fingerprint density at radius 1 is 1.28 bits per heavy atom. The molecular weight excluding hydrogens is 266 g/mol. The first-order valence-corrected chi connectivity index (χ1v) is 6.96. The molecular formula is C14H14ClNOS. The van der Waals surface area contributed by atoms with Gasteiger partial charge in [-0.1, -0.05) is 37.6 Å². The molecule has 0 unspecified atom stereocenters. The molecule has 0 aliphatic rings. The summed E-state index contributed by atoms with van der Waals surface area (Å²) >= 11 is 7.32. The second-order valence-corrected chi connectivity index (χ2v) is 5.89. The number of ketones is 1. The first-order valence-electron chi connectivity index (χ1n) is 5.76. The molecule has 1 aromatic carbocycles. The van der Waals surface area contributed by atoms with E-state index in [2.05, 4.69) is 4.98 Å². The van der Waals surface area contributed by atoms with Crippen LogP contribution in [0.1, 0.15) is 42.1 Å². The molecule has 0 bridgehead atoms. The second kappa shape index (κ2) is 5.21. The van der Waals surface area contributed by atoms with Gasteiger partial charge in [-0.25, -0.2) is 4.98 Å². The second-order valence-electron chi connectivity index (χ2n) is 4.45. The largest absolute Gasteiger partial charge is 0.294 e. The summed E-state index contributed by atoms with van der Waals surface area (Å²) in [5.41, 5.74) is 1.89. The lowest BCUT2D eigenvalue weighted by Gasteiger charge is -2.01. The van der Waals surface area contributed by atoms with Gasteiger partial charge in [0.25, 0.3) is 0 Å². The Morgan fingerprint density at radius 2 is 1.89 bits per heavy atom. The summed E-state index contributed by atoms with van der Waals surface area (Å²) in [5.74, 6) is 0.331. The zero-order chi connectivity index (χ0) is 13.3. The number of carbonyl (C=O) groups excluding carboxylic acids is 1. The van der Waals surface area contributed by atoms with Gasteiger partial charge < -0.3 is 0 Å². The molecule has 0 aliphatic heterocycles. The summed E-state index contributed by atoms with van der Waals surface area (Å²) in [6, 6.07) is 7.52. The van der Waals surface area contributed by atoms with Crippen LogP contribution in [0.5, 0.6) is 0 Å². The summed E-state index contributed by atoms with van der Waals surface area (Å²) in [7, 11) is 0. The molecule has 0 radical (unpaired) electrons. The maximum atomic E-state index is 11.6. The number of thiazole rings is 1. The van der Waals surface area contributed by atoms with E-state index >= 15 is 0 Å². The van der Waals surface area contributed by atoms with Crippen molar-refractivity contribution >= 4 is 28.7 Å². The van der Waals surface area contributed by atoms with Gasteiger partial charge >= 0.3 is 0 Å². The van der Waals surface area contributed by atoms with Crippen molar-refractivity contribution in [2.45, 2.75) is 26.7 Å². The van der Waals surface area contributed by atoms with Gasteiger partial charge in [-0.2, -0.15) is 0 Å². The summed E-state index contributed by atoms with van der Waals surface area (Å²) in [6.45, 7) is 5.69. The molecule has 0 aliphatic carbocycles. The van der Waals surface area contributed by atoms with E-state index in [4.69, 9.17) is 11.6 Å². The molecule has 1 heterocycles. The zero-order valence-corrected chi connectivity index (χ0v) is 12.1. The summed E-state index contributed by atoms with van der Waals surface area (Å²) < 4.78 is 0. The van der Waals surface area contributed by atoms with Gasteiger partial charge in [0, 0.05) is 17.5 Å². The van der Waals surface area contributed by atoms with Crippen molar-refractivity contribution in [1.82, 2.24) is 4.98 Å². The number of benzene rings is 1. The molecule has 4 heteroatoms. The molecule has 0 atom stereocenters. The lowest BCUT2D eigenvalue weighted by Crippen LogP contribution is -1.97.